The Labute approximate surface area is 84.5 Å². The van der Waals surface area contributed by atoms with Gasteiger partial charge in [-0.15, -0.1) is 5.10 Å². The predicted octanol–water partition coefficient (Wildman–Crippen LogP) is -0.378. The van der Waals surface area contributed by atoms with Gasteiger partial charge in [-0.05, 0) is 13.2 Å². The van der Waals surface area contributed by atoms with Gasteiger partial charge >= 0.3 is 5.69 Å². The number of anilines is 1. The molecule has 0 saturated carbocycles. The van der Waals surface area contributed by atoms with Gasteiger partial charge in [0.2, 0.25) is 5.82 Å². The van der Waals surface area contributed by atoms with Crippen LogP contribution in [0.1, 0.15) is 6.92 Å². The van der Waals surface area contributed by atoms with E-state index < -0.39 is 11.2 Å². The maximum absolute atomic E-state index is 11.2. The molecule has 3 N–H and O–H groups in total. The Morgan fingerprint density at radius 3 is 2.86 bits per heavy atom. The third kappa shape index (κ3) is 2.91. The van der Waals surface area contributed by atoms with Crippen molar-refractivity contribution in [3.8, 4) is 0 Å². The van der Waals surface area contributed by atoms with Crippen LogP contribution in [0.25, 0.3) is 0 Å². The average Bonchev–Trinajstić information content (AvgIpc) is 2.10. The maximum atomic E-state index is 11.2. The number of thioether (sulfide) groups is 1. The van der Waals surface area contributed by atoms with Crippen molar-refractivity contribution in [3.63, 3.8) is 0 Å². The number of aromatic amines is 2. The SMILES string of the molecule is CSCC(C)Nc1n[nH]c(=O)[nH]c1=O. The van der Waals surface area contributed by atoms with Crippen LogP contribution in [0.2, 0.25) is 0 Å². The molecule has 1 heterocycles. The summed E-state index contributed by atoms with van der Waals surface area (Å²) in [5.41, 5.74) is -1.10. The van der Waals surface area contributed by atoms with Gasteiger partial charge in [0.25, 0.3) is 5.56 Å². The summed E-state index contributed by atoms with van der Waals surface area (Å²) in [4.78, 5) is 23.9. The third-order valence-corrected chi connectivity index (χ3v) is 2.34. The molecule has 7 heteroatoms. The smallest absolute Gasteiger partial charge is 0.342 e. The van der Waals surface area contributed by atoms with E-state index in [1.54, 1.807) is 11.8 Å². The second-order valence-electron chi connectivity index (χ2n) is 2.86. The first-order valence-electron chi connectivity index (χ1n) is 4.08. The highest BCUT2D eigenvalue weighted by Gasteiger charge is 2.05. The van der Waals surface area contributed by atoms with Crippen LogP contribution in [0.3, 0.4) is 0 Å². The maximum Gasteiger partial charge on any atom is 0.342 e. The van der Waals surface area contributed by atoms with Gasteiger partial charge in [-0.3, -0.25) is 9.78 Å². The van der Waals surface area contributed by atoms with Gasteiger partial charge in [0.15, 0.2) is 0 Å². The molecule has 1 atom stereocenters. The van der Waals surface area contributed by atoms with Crippen molar-refractivity contribution in [2.45, 2.75) is 13.0 Å². The minimum Gasteiger partial charge on any atom is -0.361 e. The monoisotopic (exact) mass is 216 g/mol. The molecule has 0 fully saturated rings. The minimum atomic E-state index is -0.599. The molecule has 0 aliphatic carbocycles. The molecule has 0 amide bonds. The van der Waals surface area contributed by atoms with Crippen LogP contribution in [0.5, 0.6) is 0 Å². The lowest BCUT2D eigenvalue weighted by Crippen LogP contribution is -2.30. The van der Waals surface area contributed by atoms with E-state index in [1.165, 1.54) is 0 Å². The lowest BCUT2D eigenvalue weighted by molar-refractivity contribution is 0.841. The number of hydrogen-bond donors (Lipinski definition) is 3. The molecule has 78 valence electrons. The van der Waals surface area contributed by atoms with Crippen LogP contribution in [0, 0.1) is 0 Å². The topological polar surface area (TPSA) is 90.6 Å². The summed E-state index contributed by atoms with van der Waals surface area (Å²) >= 11 is 1.66. The summed E-state index contributed by atoms with van der Waals surface area (Å²) in [6, 6.07) is 0.129. The standard InChI is InChI=1S/C7H12N4O2S/c1-4(3-14-2)8-5-6(12)9-7(13)11-10-5/h4H,3H2,1-2H3,(H,8,10)(H2,9,11,12,13). The zero-order valence-electron chi connectivity index (χ0n) is 7.96. The van der Waals surface area contributed by atoms with Crippen LogP contribution in [0.4, 0.5) is 5.82 Å². The fourth-order valence-corrected chi connectivity index (χ4v) is 1.55. The Balaban J connectivity index is 2.77. The van der Waals surface area contributed by atoms with Gasteiger partial charge in [-0.25, -0.2) is 9.89 Å². The minimum absolute atomic E-state index is 0.129. The van der Waals surface area contributed by atoms with Crippen molar-refractivity contribution in [1.82, 2.24) is 15.2 Å². The largest absolute Gasteiger partial charge is 0.361 e. The summed E-state index contributed by atoms with van der Waals surface area (Å²) in [6.45, 7) is 1.93. The van der Waals surface area contributed by atoms with Crippen molar-refractivity contribution in [2.24, 2.45) is 0 Å². The molecule has 0 radical (unpaired) electrons. The molecular weight excluding hydrogens is 204 g/mol. The number of H-pyrrole nitrogens is 2. The lowest BCUT2D eigenvalue weighted by Gasteiger charge is -2.10. The fourth-order valence-electron chi connectivity index (χ4n) is 0.971. The molecule has 0 aliphatic rings. The Hall–Kier alpha value is -1.24. The number of aromatic nitrogens is 3. The molecule has 0 saturated heterocycles. The zero-order chi connectivity index (χ0) is 10.6. The van der Waals surface area contributed by atoms with Gasteiger partial charge in [0.05, 0.1) is 0 Å². The van der Waals surface area contributed by atoms with E-state index in [-0.39, 0.29) is 11.9 Å². The van der Waals surface area contributed by atoms with E-state index in [0.717, 1.165) is 5.75 Å². The van der Waals surface area contributed by atoms with Crippen molar-refractivity contribution >= 4 is 17.6 Å². The number of rotatable bonds is 4. The second kappa shape index (κ2) is 4.85. The summed E-state index contributed by atoms with van der Waals surface area (Å²) in [5, 5.41) is 8.65. The second-order valence-corrected chi connectivity index (χ2v) is 3.77. The predicted molar refractivity (Wildman–Crippen MR) is 56.9 cm³/mol. The molecule has 0 aromatic carbocycles. The van der Waals surface area contributed by atoms with Crippen LogP contribution in [-0.4, -0.2) is 33.2 Å². The van der Waals surface area contributed by atoms with Crippen LogP contribution >= 0.6 is 11.8 Å². The normalized spacial score (nSPS) is 12.4. The first kappa shape index (κ1) is 10.8. The molecule has 1 aromatic rings. The highest BCUT2D eigenvalue weighted by Crippen LogP contribution is 2.00. The molecule has 0 spiro atoms. The first-order chi connectivity index (χ1) is 6.63. The van der Waals surface area contributed by atoms with Gasteiger partial charge in [-0.2, -0.15) is 11.8 Å². The van der Waals surface area contributed by atoms with E-state index in [4.69, 9.17) is 0 Å². The Bertz CT molecular complexity index is 399. The molecule has 0 aliphatic heterocycles. The van der Waals surface area contributed by atoms with Crippen LogP contribution in [0.15, 0.2) is 9.59 Å². The highest BCUT2D eigenvalue weighted by atomic mass is 32.2. The average molecular weight is 216 g/mol. The molecular formula is C7H12N4O2S. The van der Waals surface area contributed by atoms with Crippen molar-refractivity contribution in [1.29, 1.82) is 0 Å². The lowest BCUT2D eigenvalue weighted by atomic mass is 10.4. The van der Waals surface area contributed by atoms with Gasteiger partial charge in [0, 0.05) is 11.8 Å². The Morgan fingerprint density at radius 2 is 2.29 bits per heavy atom. The number of nitrogens with zero attached hydrogens (tertiary/aromatic N) is 1. The summed E-state index contributed by atoms with van der Waals surface area (Å²) in [6.07, 6.45) is 1.97. The van der Waals surface area contributed by atoms with Gasteiger partial charge < -0.3 is 5.32 Å². The Kier molecular flexibility index (Phi) is 3.75. The quantitative estimate of drug-likeness (QED) is 0.638. The summed E-state index contributed by atoms with van der Waals surface area (Å²) in [7, 11) is 0. The van der Waals surface area contributed by atoms with E-state index in [1.807, 2.05) is 13.2 Å². The first-order valence-corrected chi connectivity index (χ1v) is 5.47. The Morgan fingerprint density at radius 1 is 1.57 bits per heavy atom. The number of hydrogen-bond acceptors (Lipinski definition) is 5. The van der Waals surface area contributed by atoms with Crippen LogP contribution < -0.4 is 16.6 Å². The van der Waals surface area contributed by atoms with Crippen LogP contribution in [-0.2, 0) is 0 Å². The van der Waals surface area contributed by atoms with E-state index in [9.17, 15) is 9.59 Å². The fraction of sp³-hybridized carbons (Fsp3) is 0.571. The van der Waals surface area contributed by atoms with Crippen molar-refractivity contribution < 1.29 is 0 Å². The van der Waals surface area contributed by atoms with Crippen molar-refractivity contribution in [3.05, 3.63) is 20.8 Å². The van der Waals surface area contributed by atoms with E-state index >= 15 is 0 Å². The van der Waals surface area contributed by atoms with Crippen molar-refractivity contribution in [2.75, 3.05) is 17.3 Å². The molecule has 1 unspecified atom stereocenters. The van der Waals surface area contributed by atoms with Gasteiger partial charge in [-0.1, -0.05) is 0 Å². The molecule has 14 heavy (non-hydrogen) atoms. The molecule has 0 bridgehead atoms. The zero-order valence-corrected chi connectivity index (χ0v) is 8.77. The highest BCUT2D eigenvalue weighted by molar-refractivity contribution is 7.98. The summed E-state index contributed by atoms with van der Waals surface area (Å²) in [5.74, 6) is 1.01. The van der Waals surface area contributed by atoms with E-state index in [2.05, 4.69) is 20.5 Å². The number of nitrogens with one attached hydrogen (secondary N) is 3. The molecule has 6 nitrogen and oxygen atoms in total. The van der Waals surface area contributed by atoms with Gasteiger partial charge in [0.1, 0.15) is 0 Å². The molecule has 1 aromatic heterocycles. The third-order valence-electron chi connectivity index (χ3n) is 1.51. The molecule has 1 rings (SSSR count). The van der Waals surface area contributed by atoms with E-state index in [0.29, 0.717) is 0 Å². The summed E-state index contributed by atoms with van der Waals surface area (Å²) < 4.78 is 0.